The number of alkyl halides is 2. The van der Waals surface area contributed by atoms with Gasteiger partial charge in [-0.05, 0) is 6.07 Å². The van der Waals surface area contributed by atoms with E-state index in [9.17, 15) is 13.6 Å². The minimum absolute atomic E-state index is 0.106. The van der Waals surface area contributed by atoms with Gasteiger partial charge in [0.25, 0.3) is 12.3 Å². The lowest BCUT2D eigenvalue weighted by molar-refractivity contribution is 0.0510. The summed E-state index contributed by atoms with van der Waals surface area (Å²) < 4.78 is 24.5. The van der Waals surface area contributed by atoms with Gasteiger partial charge in [0.05, 0.1) is 30.6 Å². The van der Waals surface area contributed by atoms with Gasteiger partial charge in [-0.15, -0.1) is 0 Å². The van der Waals surface area contributed by atoms with Crippen molar-refractivity contribution in [1.29, 1.82) is 0 Å². The number of hydrogen-bond acceptors (Lipinski definition) is 4. The van der Waals surface area contributed by atoms with Crippen LogP contribution in [0.5, 0.6) is 0 Å². The Morgan fingerprint density at radius 3 is 2.82 bits per heavy atom. The molecule has 1 heterocycles. The van der Waals surface area contributed by atoms with Crippen LogP contribution in [0.2, 0.25) is 0 Å². The maximum absolute atomic E-state index is 12.3. The molecule has 0 saturated carbocycles. The molecule has 5 nitrogen and oxygen atoms in total. The Bertz CT molecular complexity index is 388. The van der Waals surface area contributed by atoms with Gasteiger partial charge in [0.2, 0.25) is 0 Å². The number of nitrogens with zero attached hydrogens (tertiary/aromatic N) is 2. The lowest BCUT2D eigenvalue weighted by Crippen LogP contribution is -2.37. The summed E-state index contributed by atoms with van der Waals surface area (Å²) in [6.07, 6.45) is -0.0379. The van der Waals surface area contributed by atoms with Crippen LogP contribution in [0.1, 0.15) is 10.4 Å². The maximum Gasteiger partial charge on any atom is 0.256 e. The van der Waals surface area contributed by atoms with Gasteiger partial charge < -0.3 is 15.7 Å². The average Bonchev–Trinajstić information content (AvgIpc) is 2.28. The molecule has 0 radical (unpaired) electrons. The molecular formula is C10H13F2N3O2. The number of carbonyl (C=O) groups is 1. The van der Waals surface area contributed by atoms with Gasteiger partial charge in [0, 0.05) is 12.7 Å². The summed E-state index contributed by atoms with van der Waals surface area (Å²) in [5, 5.41) is 8.73. The number of halogens is 2. The SMILES string of the molecule is Nc1cnccc1C(=O)N(CCO)CC(F)F. The van der Waals surface area contributed by atoms with E-state index in [1.165, 1.54) is 18.5 Å². The number of aliphatic hydroxyl groups is 1. The van der Waals surface area contributed by atoms with Gasteiger partial charge in [-0.1, -0.05) is 0 Å². The minimum atomic E-state index is -2.66. The summed E-state index contributed by atoms with van der Waals surface area (Å²) in [6, 6.07) is 1.35. The first-order valence-electron chi connectivity index (χ1n) is 4.94. The molecule has 0 unspecified atom stereocenters. The van der Waals surface area contributed by atoms with Crippen molar-refractivity contribution in [2.45, 2.75) is 6.43 Å². The van der Waals surface area contributed by atoms with Crippen molar-refractivity contribution in [3.8, 4) is 0 Å². The molecule has 0 fully saturated rings. The minimum Gasteiger partial charge on any atom is -0.397 e. The first-order valence-corrected chi connectivity index (χ1v) is 4.94. The molecule has 17 heavy (non-hydrogen) atoms. The maximum atomic E-state index is 12.3. The summed E-state index contributed by atoms with van der Waals surface area (Å²) in [5.74, 6) is -0.640. The monoisotopic (exact) mass is 245 g/mol. The van der Waals surface area contributed by atoms with Gasteiger partial charge in [-0.3, -0.25) is 9.78 Å². The predicted octanol–water partition coefficient (Wildman–Crippen LogP) is 0.363. The molecule has 1 aromatic heterocycles. The number of aromatic nitrogens is 1. The fourth-order valence-corrected chi connectivity index (χ4v) is 1.33. The molecule has 0 aromatic carbocycles. The third-order valence-electron chi connectivity index (χ3n) is 2.10. The van der Waals surface area contributed by atoms with Crippen LogP contribution in [0, 0.1) is 0 Å². The molecule has 0 aliphatic heterocycles. The molecule has 0 aliphatic carbocycles. The van der Waals surface area contributed by atoms with Crippen molar-refractivity contribution in [3.05, 3.63) is 24.0 Å². The molecule has 94 valence electrons. The Hall–Kier alpha value is -1.76. The van der Waals surface area contributed by atoms with Crippen LogP contribution in [0.25, 0.3) is 0 Å². The quantitative estimate of drug-likeness (QED) is 0.785. The lowest BCUT2D eigenvalue weighted by Gasteiger charge is -2.21. The highest BCUT2D eigenvalue weighted by Crippen LogP contribution is 2.13. The second kappa shape index (κ2) is 6.09. The third kappa shape index (κ3) is 3.63. The smallest absolute Gasteiger partial charge is 0.256 e. The van der Waals surface area contributed by atoms with Crippen LogP contribution >= 0.6 is 0 Å². The van der Waals surface area contributed by atoms with Crippen LogP contribution in [0.4, 0.5) is 14.5 Å². The van der Waals surface area contributed by atoms with E-state index in [4.69, 9.17) is 10.8 Å². The summed E-state index contributed by atoms with van der Waals surface area (Å²) >= 11 is 0. The van der Waals surface area contributed by atoms with E-state index in [1.54, 1.807) is 0 Å². The van der Waals surface area contributed by atoms with Crippen LogP contribution in [-0.2, 0) is 0 Å². The van der Waals surface area contributed by atoms with E-state index in [1.807, 2.05) is 0 Å². The van der Waals surface area contributed by atoms with Crippen LogP contribution in [-0.4, -0.2) is 47.0 Å². The number of amides is 1. The van der Waals surface area contributed by atoms with Crippen molar-refractivity contribution in [2.75, 3.05) is 25.4 Å². The van der Waals surface area contributed by atoms with E-state index in [2.05, 4.69) is 4.98 Å². The Balaban J connectivity index is 2.88. The summed E-state index contributed by atoms with van der Waals surface area (Å²) in [4.78, 5) is 16.4. The standard InChI is InChI=1S/C10H13F2N3O2/c11-9(12)6-15(3-4-16)10(17)7-1-2-14-5-8(7)13/h1-2,5,9,16H,3-4,6,13H2. The van der Waals surface area contributed by atoms with Crippen molar-refractivity contribution < 1.29 is 18.7 Å². The highest BCUT2D eigenvalue weighted by atomic mass is 19.3. The van der Waals surface area contributed by atoms with Crippen molar-refractivity contribution >= 4 is 11.6 Å². The molecule has 0 bridgehead atoms. The predicted molar refractivity (Wildman–Crippen MR) is 57.6 cm³/mol. The molecule has 1 aromatic rings. The zero-order chi connectivity index (χ0) is 12.8. The van der Waals surface area contributed by atoms with E-state index in [0.29, 0.717) is 0 Å². The first-order chi connectivity index (χ1) is 8.06. The van der Waals surface area contributed by atoms with Crippen molar-refractivity contribution in [3.63, 3.8) is 0 Å². The molecule has 3 N–H and O–H groups in total. The van der Waals surface area contributed by atoms with Gasteiger partial charge in [-0.2, -0.15) is 0 Å². The molecule has 1 amide bonds. The normalized spacial score (nSPS) is 10.6. The van der Waals surface area contributed by atoms with Crippen LogP contribution < -0.4 is 5.73 Å². The lowest BCUT2D eigenvalue weighted by atomic mass is 10.2. The van der Waals surface area contributed by atoms with E-state index >= 15 is 0 Å². The second-order valence-corrected chi connectivity index (χ2v) is 3.33. The summed E-state index contributed by atoms with van der Waals surface area (Å²) in [5.41, 5.74) is 5.75. The van der Waals surface area contributed by atoms with Gasteiger partial charge in [0.1, 0.15) is 0 Å². The van der Waals surface area contributed by atoms with E-state index in [-0.39, 0.29) is 24.4 Å². The second-order valence-electron chi connectivity index (χ2n) is 3.33. The number of anilines is 1. The highest BCUT2D eigenvalue weighted by molar-refractivity contribution is 5.98. The molecule has 0 saturated heterocycles. The molecular weight excluding hydrogens is 232 g/mol. The zero-order valence-electron chi connectivity index (χ0n) is 9.01. The summed E-state index contributed by atoms with van der Waals surface area (Å²) in [6.45, 7) is -1.28. The topological polar surface area (TPSA) is 79.5 Å². The molecule has 0 spiro atoms. The molecule has 7 heteroatoms. The fraction of sp³-hybridized carbons (Fsp3) is 0.400. The Morgan fingerprint density at radius 2 is 2.29 bits per heavy atom. The van der Waals surface area contributed by atoms with Crippen LogP contribution in [0.15, 0.2) is 18.5 Å². The number of nitrogens with two attached hydrogens (primary N) is 1. The Labute approximate surface area is 96.9 Å². The first kappa shape index (κ1) is 13.3. The third-order valence-corrected chi connectivity index (χ3v) is 2.10. The van der Waals surface area contributed by atoms with Gasteiger partial charge >= 0.3 is 0 Å². The number of nitrogen functional groups attached to an aromatic ring is 1. The van der Waals surface area contributed by atoms with Crippen molar-refractivity contribution in [2.24, 2.45) is 0 Å². The zero-order valence-corrected chi connectivity index (χ0v) is 9.01. The largest absolute Gasteiger partial charge is 0.397 e. The Kier molecular flexibility index (Phi) is 4.77. The molecule has 0 aliphatic rings. The number of rotatable bonds is 5. The van der Waals surface area contributed by atoms with Gasteiger partial charge in [-0.25, -0.2) is 8.78 Å². The van der Waals surface area contributed by atoms with E-state index in [0.717, 1.165) is 4.90 Å². The molecule has 1 rings (SSSR count). The van der Waals surface area contributed by atoms with Crippen molar-refractivity contribution in [1.82, 2.24) is 9.88 Å². The fourth-order valence-electron chi connectivity index (χ4n) is 1.33. The highest BCUT2D eigenvalue weighted by Gasteiger charge is 2.20. The molecule has 0 atom stereocenters. The van der Waals surface area contributed by atoms with E-state index < -0.39 is 18.9 Å². The van der Waals surface area contributed by atoms with Crippen LogP contribution in [0.3, 0.4) is 0 Å². The Morgan fingerprint density at radius 1 is 1.59 bits per heavy atom. The average molecular weight is 245 g/mol. The number of carbonyl (C=O) groups excluding carboxylic acids is 1. The summed E-state index contributed by atoms with van der Waals surface area (Å²) in [7, 11) is 0. The number of pyridine rings is 1. The van der Waals surface area contributed by atoms with Gasteiger partial charge in [0.15, 0.2) is 0 Å². The number of aliphatic hydroxyl groups excluding tert-OH is 1. The number of hydrogen-bond donors (Lipinski definition) is 2.